The van der Waals surface area contributed by atoms with E-state index < -0.39 is 0 Å². The van der Waals surface area contributed by atoms with Crippen LogP contribution in [0.4, 0.5) is 5.82 Å². The van der Waals surface area contributed by atoms with Crippen LogP contribution in [-0.4, -0.2) is 48.4 Å². The molecule has 1 aromatic heterocycles. The number of rotatable bonds is 4. The first-order valence-electron chi connectivity index (χ1n) is 9.15. The molecule has 1 N–H and O–H groups in total. The number of hydrogen-bond donors (Lipinski definition) is 1. The van der Waals surface area contributed by atoms with Crippen LogP contribution in [0.2, 0.25) is 0 Å². The molecule has 1 aliphatic carbocycles. The van der Waals surface area contributed by atoms with Gasteiger partial charge in [-0.3, -0.25) is 4.79 Å². The van der Waals surface area contributed by atoms with E-state index in [1.165, 1.54) is 12.8 Å². The average molecular weight is 330 g/mol. The molecular weight excluding hydrogens is 304 g/mol. The molecule has 0 spiro atoms. The van der Waals surface area contributed by atoms with Crippen LogP contribution in [0.15, 0.2) is 12.1 Å². The number of hydrogen-bond acceptors (Lipinski definition) is 5. The lowest BCUT2D eigenvalue weighted by Gasteiger charge is -2.44. The maximum absolute atomic E-state index is 12.7. The van der Waals surface area contributed by atoms with Crippen molar-refractivity contribution >= 4 is 11.7 Å². The van der Waals surface area contributed by atoms with Crippen molar-refractivity contribution in [2.24, 2.45) is 17.8 Å². The predicted molar refractivity (Wildman–Crippen MR) is 90.7 cm³/mol. The second-order valence-electron chi connectivity index (χ2n) is 7.42. The minimum Gasteiger partial charge on any atom is -0.378 e. The Morgan fingerprint density at radius 1 is 1.29 bits per heavy atom. The highest BCUT2D eigenvalue weighted by Gasteiger charge is 2.42. The van der Waals surface area contributed by atoms with E-state index in [1.807, 2.05) is 19.1 Å². The summed E-state index contributed by atoms with van der Waals surface area (Å²) in [4.78, 5) is 14.9. The molecule has 24 heavy (non-hydrogen) atoms. The fourth-order valence-corrected chi connectivity index (χ4v) is 3.91. The van der Waals surface area contributed by atoms with Gasteiger partial charge in [-0.1, -0.05) is 0 Å². The van der Waals surface area contributed by atoms with Crippen molar-refractivity contribution < 1.29 is 9.53 Å². The van der Waals surface area contributed by atoms with Crippen molar-refractivity contribution in [2.75, 3.05) is 31.1 Å². The highest BCUT2D eigenvalue weighted by Crippen LogP contribution is 2.35. The van der Waals surface area contributed by atoms with Crippen molar-refractivity contribution in [3.8, 4) is 0 Å². The van der Waals surface area contributed by atoms with Crippen LogP contribution in [0.3, 0.4) is 0 Å². The molecule has 3 heterocycles. The van der Waals surface area contributed by atoms with Gasteiger partial charge in [-0.15, -0.1) is 5.10 Å². The number of nitrogens with one attached hydrogen (secondary N) is 1. The van der Waals surface area contributed by atoms with Crippen molar-refractivity contribution in [2.45, 2.75) is 38.7 Å². The van der Waals surface area contributed by atoms with Gasteiger partial charge in [-0.25, -0.2) is 0 Å². The van der Waals surface area contributed by atoms with Gasteiger partial charge in [-0.05, 0) is 50.7 Å². The summed E-state index contributed by atoms with van der Waals surface area (Å²) in [6, 6.07) is 4.01. The van der Waals surface area contributed by atoms with E-state index in [-0.39, 0.29) is 23.8 Å². The van der Waals surface area contributed by atoms with Crippen LogP contribution in [0.5, 0.6) is 0 Å². The van der Waals surface area contributed by atoms with Crippen LogP contribution in [0.1, 0.15) is 31.4 Å². The van der Waals surface area contributed by atoms with Gasteiger partial charge in [0.1, 0.15) is 0 Å². The van der Waals surface area contributed by atoms with Crippen LogP contribution in [0.25, 0.3) is 0 Å². The van der Waals surface area contributed by atoms with E-state index in [0.717, 1.165) is 49.9 Å². The van der Waals surface area contributed by atoms with E-state index in [1.54, 1.807) is 0 Å². The maximum atomic E-state index is 12.7. The number of anilines is 1. The number of piperidine rings is 1. The molecule has 1 saturated carbocycles. The SMILES string of the molecule is Cc1ccc(N2CC[C@@H]3OCC[C@H](C(=O)NCC4CC4)[C@@H]3C2)nn1. The van der Waals surface area contributed by atoms with Crippen molar-refractivity contribution in [1.29, 1.82) is 0 Å². The lowest BCUT2D eigenvalue weighted by atomic mass is 9.79. The Morgan fingerprint density at radius 2 is 2.17 bits per heavy atom. The summed E-state index contributed by atoms with van der Waals surface area (Å²) in [6.07, 6.45) is 4.50. The third-order valence-corrected chi connectivity index (χ3v) is 5.58. The molecule has 130 valence electrons. The minimum atomic E-state index is 0.0590. The van der Waals surface area contributed by atoms with E-state index >= 15 is 0 Å². The molecule has 3 atom stereocenters. The molecule has 6 heteroatoms. The molecule has 2 saturated heterocycles. The average Bonchev–Trinajstić information content (AvgIpc) is 3.44. The van der Waals surface area contributed by atoms with E-state index in [0.29, 0.717) is 6.61 Å². The summed E-state index contributed by atoms with van der Waals surface area (Å²) < 4.78 is 5.96. The summed E-state index contributed by atoms with van der Waals surface area (Å²) >= 11 is 0. The van der Waals surface area contributed by atoms with Gasteiger partial charge in [0, 0.05) is 38.1 Å². The van der Waals surface area contributed by atoms with E-state index in [2.05, 4.69) is 20.4 Å². The Balaban J connectivity index is 1.44. The van der Waals surface area contributed by atoms with Crippen LogP contribution >= 0.6 is 0 Å². The molecule has 6 nitrogen and oxygen atoms in total. The summed E-state index contributed by atoms with van der Waals surface area (Å²) in [5.41, 5.74) is 0.923. The van der Waals surface area contributed by atoms with Gasteiger partial charge in [0.15, 0.2) is 5.82 Å². The molecular formula is C18H26N4O2. The molecule has 0 radical (unpaired) electrons. The van der Waals surface area contributed by atoms with Gasteiger partial charge in [0.05, 0.1) is 11.8 Å². The number of aromatic nitrogens is 2. The second-order valence-corrected chi connectivity index (χ2v) is 7.42. The van der Waals surface area contributed by atoms with Crippen LogP contribution < -0.4 is 10.2 Å². The fraction of sp³-hybridized carbons (Fsp3) is 0.722. The molecule has 0 bridgehead atoms. The third-order valence-electron chi connectivity index (χ3n) is 5.58. The fourth-order valence-electron chi connectivity index (χ4n) is 3.91. The van der Waals surface area contributed by atoms with Crippen LogP contribution in [0, 0.1) is 24.7 Å². The Hall–Kier alpha value is -1.69. The maximum Gasteiger partial charge on any atom is 0.223 e. The van der Waals surface area contributed by atoms with Gasteiger partial charge < -0.3 is 15.0 Å². The monoisotopic (exact) mass is 330 g/mol. The van der Waals surface area contributed by atoms with Crippen LogP contribution in [-0.2, 0) is 9.53 Å². The van der Waals surface area contributed by atoms with Crippen molar-refractivity contribution in [1.82, 2.24) is 15.5 Å². The highest BCUT2D eigenvalue weighted by molar-refractivity contribution is 5.79. The first kappa shape index (κ1) is 15.8. The third kappa shape index (κ3) is 3.38. The molecule has 1 amide bonds. The number of fused-ring (bicyclic) bond motifs is 1. The standard InChI is InChI=1S/C18H26N4O2/c1-12-2-5-17(21-20-12)22-8-6-16-15(11-22)14(7-9-24-16)18(23)19-10-13-3-4-13/h2,5,13-16H,3-4,6-11H2,1H3,(H,19,23)/t14-,15-,16-/m0/s1. The lowest BCUT2D eigenvalue weighted by Crippen LogP contribution is -2.53. The summed E-state index contributed by atoms with van der Waals surface area (Å²) in [7, 11) is 0. The van der Waals surface area contributed by atoms with Crippen molar-refractivity contribution in [3.05, 3.63) is 17.8 Å². The predicted octanol–water partition coefficient (Wildman–Crippen LogP) is 1.54. The molecule has 3 fully saturated rings. The smallest absolute Gasteiger partial charge is 0.223 e. The Bertz CT molecular complexity index is 587. The lowest BCUT2D eigenvalue weighted by molar-refractivity contribution is -0.137. The van der Waals surface area contributed by atoms with E-state index in [4.69, 9.17) is 4.74 Å². The quantitative estimate of drug-likeness (QED) is 0.907. The first-order valence-corrected chi connectivity index (χ1v) is 9.15. The molecule has 0 aromatic carbocycles. The molecule has 3 aliphatic rings. The normalized spacial score (nSPS) is 29.9. The summed E-state index contributed by atoms with van der Waals surface area (Å²) in [5, 5.41) is 11.6. The highest BCUT2D eigenvalue weighted by atomic mass is 16.5. The zero-order valence-corrected chi connectivity index (χ0v) is 14.3. The number of carbonyl (C=O) groups is 1. The van der Waals surface area contributed by atoms with Crippen molar-refractivity contribution in [3.63, 3.8) is 0 Å². The number of ether oxygens (including phenoxy) is 1. The Kier molecular flexibility index (Phi) is 4.39. The molecule has 1 aromatic rings. The largest absolute Gasteiger partial charge is 0.378 e. The minimum absolute atomic E-state index is 0.0590. The summed E-state index contributed by atoms with van der Waals surface area (Å²) in [5.74, 6) is 2.15. The zero-order valence-electron chi connectivity index (χ0n) is 14.3. The van der Waals surface area contributed by atoms with Gasteiger partial charge in [-0.2, -0.15) is 5.10 Å². The summed E-state index contributed by atoms with van der Waals surface area (Å²) in [6.45, 7) is 5.23. The van der Waals surface area contributed by atoms with E-state index in [9.17, 15) is 4.79 Å². The van der Waals surface area contributed by atoms with Gasteiger partial charge in [0.2, 0.25) is 5.91 Å². The first-order chi connectivity index (χ1) is 11.7. The Labute approximate surface area is 143 Å². The number of nitrogens with zero attached hydrogens (tertiary/aromatic N) is 3. The Morgan fingerprint density at radius 3 is 2.92 bits per heavy atom. The second kappa shape index (κ2) is 6.67. The van der Waals surface area contributed by atoms with Gasteiger partial charge in [0.25, 0.3) is 0 Å². The number of carbonyl (C=O) groups excluding carboxylic acids is 1. The molecule has 2 aliphatic heterocycles. The molecule has 4 rings (SSSR count). The molecule has 0 unspecified atom stereocenters. The van der Waals surface area contributed by atoms with Gasteiger partial charge >= 0.3 is 0 Å². The zero-order chi connectivity index (χ0) is 16.5. The number of amides is 1. The number of aryl methyl sites for hydroxylation is 1. The topological polar surface area (TPSA) is 67.3 Å².